The van der Waals surface area contributed by atoms with Crippen molar-refractivity contribution in [1.82, 2.24) is 19.9 Å². The highest BCUT2D eigenvalue weighted by Gasteiger charge is 2.36. The molecule has 10 heteroatoms. The van der Waals surface area contributed by atoms with E-state index in [9.17, 15) is 24.9 Å². The zero-order valence-corrected chi connectivity index (χ0v) is 16.3. The van der Waals surface area contributed by atoms with E-state index < -0.39 is 10.8 Å². The van der Waals surface area contributed by atoms with Crippen LogP contribution in [0.15, 0.2) is 18.2 Å². The summed E-state index contributed by atoms with van der Waals surface area (Å²) in [5, 5.41) is 21.1. The first kappa shape index (κ1) is 20.7. The lowest BCUT2D eigenvalue weighted by Gasteiger charge is -2.29. The molecule has 2 atom stereocenters. The van der Waals surface area contributed by atoms with Crippen LogP contribution in [0.5, 0.6) is 0 Å². The smallest absolute Gasteiger partial charge is 0.271 e. The van der Waals surface area contributed by atoms with E-state index in [1.807, 2.05) is 6.92 Å². The molecule has 2 aromatic rings. The number of amides is 2. The maximum Gasteiger partial charge on any atom is 0.271 e. The summed E-state index contributed by atoms with van der Waals surface area (Å²) in [6.45, 7) is 2.54. The average Bonchev–Trinajstić information content (AvgIpc) is 3.36. The molecule has 0 bridgehead atoms. The summed E-state index contributed by atoms with van der Waals surface area (Å²) in [5.74, 6) is -0.0127. The van der Waals surface area contributed by atoms with E-state index in [2.05, 4.69) is 9.97 Å². The van der Waals surface area contributed by atoms with Gasteiger partial charge in [-0.05, 0) is 25.3 Å². The second-order valence-corrected chi connectivity index (χ2v) is 7.34. The summed E-state index contributed by atoms with van der Waals surface area (Å²) in [6, 6.07) is 4.17. The van der Waals surface area contributed by atoms with E-state index in [-0.39, 0.29) is 24.2 Å². The number of nitrogens with one attached hydrogen (secondary N) is 1. The van der Waals surface area contributed by atoms with E-state index in [4.69, 9.17) is 0 Å². The number of likely N-dealkylation sites (tertiary alicyclic amines) is 1. The van der Waals surface area contributed by atoms with Gasteiger partial charge < -0.3 is 9.88 Å². The summed E-state index contributed by atoms with van der Waals surface area (Å²) in [5.41, 5.74) is 1.14. The molecule has 1 fully saturated rings. The van der Waals surface area contributed by atoms with E-state index in [1.54, 1.807) is 11.0 Å². The van der Waals surface area contributed by atoms with Gasteiger partial charge in [0.1, 0.15) is 5.82 Å². The van der Waals surface area contributed by atoms with Crippen molar-refractivity contribution in [1.29, 1.82) is 0 Å². The highest BCUT2D eigenvalue weighted by Crippen LogP contribution is 2.34. The van der Waals surface area contributed by atoms with Crippen LogP contribution in [0.25, 0.3) is 11.0 Å². The first-order valence-corrected chi connectivity index (χ1v) is 9.80. The highest BCUT2D eigenvalue weighted by atomic mass is 16.6. The number of hydrogen-bond donors (Lipinski definition) is 2. The molecule has 1 aromatic heterocycles. The lowest BCUT2D eigenvalue weighted by Crippen LogP contribution is -2.40. The fourth-order valence-electron chi connectivity index (χ4n) is 3.85. The van der Waals surface area contributed by atoms with E-state index in [1.165, 1.54) is 12.1 Å². The largest absolute Gasteiger partial charge is 0.340 e. The SMILES string of the molecule is CCCC[C@@H](CN(O)C=O)C(=O)N1CCC[C@H]1c1nc2ccc([N+](=O)[O-])cc2[nH]1. The second kappa shape index (κ2) is 8.99. The van der Waals surface area contributed by atoms with Gasteiger partial charge in [0.15, 0.2) is 0 Å². The van der Waals surface area contributed by atoms with Crippen LogP contribution in [0.3, 0.4) is 0 Å². The van der Waals surface area contributed by atoms with Crippen LogP contribution >= 0.6 is 0 Å². The molecule has 3 rings (SSSR count). The number of non-ortho nitro benzene ring substituents is 1. The monoisotopic (exact) mass is 403 g/mol. The number of nitrogens with zero attached hydrogens (tertiary/aromatic N) is 4. The lowest BCUT2D eigenvalue weighted by atomic mass is 9.99. The fraction of sp³-hybridized carbons (Fsp3) is 0.526. The Morgan fingerprint density at radius 1 is 1.55 bits per heavy atom. The van der Waals surface area contributed by atoms with Gasteiger partial charge in [-0.2, -0.15) is 0 Å². The molecule has 0 unspecified atom stereocenters. The molecule has 0 spiro atoms. The van der Waals surface area contributed by atoms with Gasteiger partial charge in [-0.1, -0.05) is 19.8 Å². The molecule has 2 N–H and O–H groups in total. The first-order valence-electron chi connectivity index (χ1n) is 9.80. The Balaban J connectivity index is 1.83. The molecule has 0 radical (unpaired) electrons. The summed E-state index contributed by atoms with van der Waals surface area (Å²) in [6.07, 6.45) is 4.14. The third-order valence-corrected chi connectivity index (χ3v) is 5.33. The van der Waals surface area contributed by atoms with Crippen LogP contribution in [0.4, 0.5) is 5.69 Å². The van der Waals surface area contributed by atoms with E-state index in [0.717, 1.165) is 25.7 Å². The lowest BCUT2D eigenvalue weighted by molar-refractivity contribution is -0.384. The number of nitro benzene ring substituents is 1. The van der Waals surface area contributed by atoms with Gasteiger partial charge in [0, 0.05) is 18.7 Å². The van der Waals surface area contributed by atoms with E-state index >= 15 is 0 Å². The average molecular weight is 403 g/mol. The van der Waals surface area contributed by atoms with Crippen molar-refractivity contribution in [3.05, 3.63) is 34.1 Å². The number of hydroxylamine groups is 2. The van der Waals surface area contributed by atoms with Crippen LogP contribution in [-0.2, 0) is 9.59 Å². The summed E-state index contributed by atoms with van der Waals surface area (Å²) in [7, 11) is 0. The maximum absolute atomic E-state index is 13.2. The second-order valence-electron chi connectivity index (χ2n) is 7.34. The minimum absolute atomic E-state index is 0.0245. The Kier molecular flexibility index (Phi) is 6.42. The van der Waals surface area contributed by atoms with Gasteiger partial charge in [-0.3, -0.25) is 24.9 Å². The number of unbranched alkanes of at least 4 members (excludes halogenated alkanes) is 1. The van der Waals surface area contributed by atoms with Crippen molar-refractivity contribution in [2.75, 3.05) is 13.1 Å². The van der Waals surface area contributed by atoms with Crippen molar-refractivity contribution in [3.63, 3.8) is 0 Å². The summed E-state index contributed by atoms with van der Waals surface area (Å²) in [4.78, 5) is 43.9. The van der Waals surface area contributed by atoms with Crippen molar-refractivity contribution >= 4 is 29.0 Å². The van der Waals surface area contributed by atoms with Gasteiger partial charge in [0.25, 0.3) is 5.69 Å². The number of imidazole rings is 1. The van der Waals surface area contributed by atoms with Crippen molar-refractivity contribution in [3.8, 4) is 0 Å². The Morgan fingerprint density at radius 2 is 2.34 bits per heavy atom. The predicted molar refractivity (Wildman–Crippen MR) is 104 cm³/mol. The number of rotatable bonds is 9. The van der Waals surface area contributed by atoms with Crippen molar-refractivity contribution in [2.45, 2.75) is 45.1 Å². The molecular formula is C19H25N5O5. The molecule has 1 aliphatic rings. The minimum atomic E-state index is -0.490. The summed E-state index contributed by atoms with van der Waals surface area (Å²) >= 11 is 0. The molecule has 2 heterocycles. The molecule has 1 aromatic carbocycles. The first-order chi connectivity index (χ1) is 13.9. The third-order valence-electron chi connectivity index (χ3n) is 5.33. The number of carbonyl (C=O) groups excluding carboxylic acids is 2. The van der Waals surface area contributed by atoms with Crippen LogP contribution < -0.4 is 0 Å². The number of benzene rings is 1. The number of H-pyrrole nitrogens is 1. The molecule has 29 heavy (non-hydrogen) atoms. The van der Waals surface area contributed by atoms with Crippen LogP contribution in [0, 0.1) is 16.0 Å². The fourth-order valence-corrected chi connectivity index (χ4v) is 3.85. The van der Waals surface area contributed by atoms with Crippen LogP contribution in [0.1, 0.15) is 50.9 Å². The van der Waals surface area contributed by atoms with Crippen LogP contribution in [-0.4, -0.2) is 55.5 Å². The molecule has 0 aliphatic carbocycles. The predicted octanol–water partition coefficient (Wildman–Crippen LogP) is 2.79. The van der Waals surface area contributed by atoms with E-state index in [0.29, 0.717) is 41.3 Å². The number of nitro groups is 1. The number of aromatic nitrogens is 2. The Bertz CT molecular complexity index is 898. The van der Waals surface area contributed by atoms with Gasteiger partial charge in [-0.25, -0.2) is 10.0 Å². The molecule has 156 valence electrons. The minimum Gasteiger partial charge on any atom is -0.340 e. The molecule has 0 saturated carbocycles. The number of hydrogen-bond acceptors (Lipinski definition) is 6. The van der Waals surface area contributed by atoms with Gasteiger partial charge in [0.05, 0.1) is 34.5 Å². The Morgan fingerprint density at radius 3 is 3.03 bits per heavy atom. The zero-order valence-electron chi connectivity index (χ0n) is 16.3. The van der Waals surface area contributed by atoms with Gasteiger partial charge >= 0.3 is 0 Å². The highest BCUT2D eigenvalue weighted by molar-refractivity contribution is 5.81. The van der Waals surface area contributed by atoms with Crippen LogP contribution in [0.2, 0.25) is 0 Å². The molecule has 10 nitrogen and oxygen atoms in total. The zero-order chi connectivity index (χ0) is 21.0. The Labute approximate surface area is 167 Å². The van der Waals surface area contributed by atoms with Crippen molar-refractivity contribution < 1.29 is 19.7 Å². The molecule has 1 saturated heterocycles. The summed E-state index contributed by atoms with van der Waals surface area (Å²) < 4.78 is 0. The third kappa shape index (κ3) is 4.53. The quantitative estimate of drug-likeness (QED) is 0.286. The Hall–Kier alpha value is -3.01. The molecule has 2 amide bonds. The number of aromatic amines is 1. The van der Waals surface area contributed by atoms with Crippen molar-refractivity contribution in [2.24, 2.45) is 5.92 Å². The topological polar surface area (TPSA) is 133 Å². The number of fused-ring (bicyclic) bond motifs is 1. The van der Waals surface area contributed by atoms with Gasteiger partial charge in [0.2, 0.25) is 12.3 Å². The maximum atomic E-state index is 13.2. The standard InChI is InChI=1S/C19H25N5O5/c1-2-3-5-13(11-22(27)12-25)19(26)23-9-4-6-17(23)18-20-15-8-7-14(24(28)29)10-16(15)21-18/h7-8,10,12-13,17,27H,2-6,9,11H2,1H3,(H,20,21)/t13-,17-/m0/s1. The molecular weight excluding hydrogens is 378 g/mol. The molecule has 1 aliphatic heterocycles. The normalized spacial score (nSPS) is 17.4. The van der Waals surface area contributed by atoms with Gasteiger partial charge in [-0.15, -0.1) is 0 Å². The number of carbonyl (C=O) groups is 2.